The number of hydrogen-bond acceptors (Lipinski definition) is 5. The topological polar surface area (TPSA) is 70.0 Å². The summed E-state index contributed by atoms with van der Waals surface area (Å²) in [5.41, 5.74) is 0.454. The Hall–Kier alpha value is -1.59. The molecule has 5 aliphatic rings. The van der Waals surface area contributed by atoms with Gasteiger partial charge in [0.25, 0.3) is 0 Å². The van der Waals surface area contributed by atoms with Gasteiger partial charge in [0.1, 0.15) is 0 Å². The third-order valence-electron chi connectivity index (χ3n) is 7.56. The second kappa shape index (κ2) is 4.38. The predicted octanol–water partition coefficient (Wildman–Crippen LogP) is 1.53. The number of aromatic hydroxyl groups is 1. The molecule has 3 fully saturated rings. The number of carbonyl (C=O) groups excluding carboxylic acids is 1. The fraction of sp³-hybridized carbons (Fsp3) is 0.650. The van der Waals surface area contributed by atoms with Crippen LogP contribution < -0.4 is 4.74 Å². The molecule has 1 spiro atoms. The Bertz CT molecular complexity index is 803. The number of piperidine rings is 1. The molecule has 5 heteroatoms. The van der Waals surface area contributed by atoms with E-state index in [2.05, 4.69) is 4.90 Å². The van der Waals surface area contributed by atoms with E-state index in [1.54, 1.807) is 6.07 Å². The summed E-state index contributed by atoms with van der Waals surface area (Å²) in [7, 11) is 0. The number of rotatable bonds is 2. The summed E-state index contributed by atoms with van der Waals surface area (Å²) in [5, 5.41) is 22.3. The number of Topliss-reactive ketones (excluding diaryl/α,β-unsaturated/α-hetero) is 1. The molecule has 0 radical (unpaired) electrons. The first kappa shape index (κ1) is 14.6. The van der Waals surface area contributed by atoms with E-state index in [4.69, 9.17) is 4.74 Å². The Kier molecular flexibility index (Phi) is 2.55. The zero-order valence-electron chi connectivity index (χ0n) is 14.2. The molecule has 0 amide bonds. The molecule has 2 N–H and O–H groups in total. The number of phenolic OH excluding ortho intramolecular Hbond substituents is 1. The van der Waals surface area contributed by atoms with Crippen LogP contribution in [0.25, 0.3) is 0 Å². The lowest BCUT2D eigenvalue weighted by molar-refractivity contribution is -0.188. The summed E-state index contributed by atoms with van der Waals surface area (Å²) in [6.45, 7) is 1.95. The van der Waals surface area contributed by atoms with E-state index in [9.17, 15) is 15.0 Å². The van der Waals surface area contributed by atoms with Gasteiger partial charge in [0.2, 0.25) is 0 Å². The monoisotopic (exact) mass is 341 g/mol. The molecule has 1 aromatic carbocycles. The molecule has 2 saturated carbocycles. The normalized spacial score (nSPS) is 41.4. The Morgan fingerprint density at radius 3 is 2.92 bits per heavy atom. The second-order valence-corrected chi connectivity index (χ2v) is 8.72. The lowest BCUT2D eigenvalue weighted by Crippen LogP contribution is -2.76. The smallest absolute Gasteiger partial charge is 0.174 e. The number of ether oxygens (including phenoxy) is 1. The molecule has 2 aliphatic heterocycles. The molecule has 5 nitrogen and oxygen atoms in total. The highest BCUT2D eigenvalue weighted by molar-refractivity contribution is 5.90. The molecule has 2 heterocycles. The van der Waals surface area contributed by atoms with Gasteiger partial charge in [-0.1, -0.05) is 6.07 Å². The molecular formula is C20H23NO4. The van der Waals surface area contributed by atoms with Crippen molar-refractivity contribution in [2.45, 2.75) is 61.7 Å². The first-order chi connectivity index (χ1) is 12.0. The van der Waals surface area contributed by atoms with Gasteiger partial charge in [-0.3, -0.25) is 9.69 Å². The molecule has 1 saturated heterocycles. The summed E-state index contributed by atoms with van der Waals surface area (Å²) in [6.07, 6.45) is 4.33. The largest absolute Gasteiger partial charge is 0.504 e. The molecule has 25 heavy (non-hydrogen) atoms. The van der Waals surface area contributed by atoms with E-state index in [0.717, 1.165) is 43.0 Å². The van der Waals surface area contributed by atoms with Gasteiger partial charge >= 0.3 is 0 Å². The van der Waals surface area contributed by atoms with Crippen LogP contribution in [0.3, 0.4) is 0 Å². The van der Waals surface area contributed by atoms with Crippen LogP contribution in [0.5, 0.6) is 11.5 Å². The average molecular weight is 341 g/mol. The van der Waals surface area contributed by atoms with Gasteiger partial charge in [0.05, 0.1) is 11.0 Å². The fourth-order valence-electron chi connectivity index (χ4n) is 6.26. The van der Waals surface area contributed by atoms with Gasteiger partial charge in [-0.2, -0.15) is 0 Å². The van der Waals surface area contributed by atoms with Gasteiger partial charge in [0, 0.05) is 24.6 Å². The fourth-order valence-corrected chi connectivity index (χ4v) is 6.26. The number of nitrogens with zero attached hydrogens (tertiary/aromatic N) is 1. The van der Waals surface area contributed by atoms with Gasteiger partial charge in [0.15, 0.2) is 23.4 Å². The molecule has 3 aliphatic carbocycles. The van der Waals surface area contributed by atoms with Crippen molar-refractivity contribution in [1.29, 1.82) is 0 Å². The molecule has 0 aromatic heterocycles. The molecule has 4 atom stereocenters. The number of phenols is 1. The summed E-state index contributed by atoms with van der Waals surface area (Å²) in [6, 6.07) is 3.69. The van der Waals surface area contributed by atoms with Crippen molar-refractivity contribution in [1.82, 2.24) is 4.90 Å². The Labute approximate surface area is 146 Å². The first-order valence-electron chi connectivity index (χ1n) is 9.56. The summed E-state index contributed by atoms with van der Waals surface area (Å²) in [5.74, 6) is 1.39. The van der Waals surface area contributed by atoms with Crippen LogP contribution >= 0.6 is 0 Å². The van der Waals surface area contributed by atoms with Crippen molar-refractivity contribution in [3.63, 3.8) is 0 Å². The molecule has 1 unspecified atom stereocenters. The Morgan fingerprint density at radius 1 is 1.28 bits per heavy atom. The number of hydrogen-bond donors (Lipinski definition) is 2. The average Bonchev–Trinajstić information content (AvgIpc) is 3.32. The molecule has 6 rings (SSSR count). The summed E-state index contributed by atoms with van der Waals surface area (Å²) >= 11 is 0. The van der Waals surface area contributed by atoms with Crippen LogP contribution in [0, 0.1) is 5.92 Å². The second-order valence-electron chi connectivity index (χ2n) is 8.72. The molecular weight excluding hydrogens is 318 g/mol. The molecule has 1 aromatic rings. The van der Waals surface area contributed by atoms with Crippen LogP contribution in [-0.2, 0) is 16.6 Å². The summed E-state index contributed by atoms with van der Waals surface area (Å²) in [4.78, 5) is 15.2. The third kappa shape index (κ3) is 1.56. The van der Waals surface area contributed by atoms with E-state index >= 15 is 0 Å². The van der Waals surface area contributed by atoms with Crippen molar-refractivity contribution in [3.8, 4) is 11.5 Å². The van der Waals surface area contributed by atoms with Gasteiger partial charge < -0.3 is 14.9 Å². The highest BCUT2D eigenvalue weighted by Crippen LogP contribution is 2.64. The molecule has 2 bridgehead atoms. The van der Waals surface area contributed by atoms with E-state index in [-0.39, 0.29) is 17.6 Å². The zero-order chi connectivity index (χ0) is 17.0. The third-order valence-corrected chi connectivity index (χ3v) is 7.56. The minimum absolute atomic E-state index is 0.0454. The van der Waals surface area contributed by atoms with Crippen molar-refractivity contribution in [2.24, 2.45) is 5.92 Å². The van der Waals surface area contributed by atoms with E-state index in [0.29, 0.717) is 18.6 Å². The first-order valence-corrected chi connectivity index (χ1v) is 9.56. The molecule has 132 valence electrons. The van der Waals surface area contributed by atoms with Crippen molar-refractivity contribution < 1.29 is 19.7 Å². The van der Waals surface area contributed by atoms with Crippen LogP contribution in [0.15, 0.2) is 12.1 Å². The minimum atomic E-state index is -0.940. The van der Waals surface area contributed by atoms with Crippen molar-refractivity contribution in [2.75, 3.05) is 13.1 Å². The van der Waals surface area contributed by atoms with Crippen molar-refractivity contribution in [3.05, 3.63) is 23.3 Å². The number of aliphatic hydroxyl groups is 1. The van der Waals surface area contributed by atoms with Crippen LogP contribution in [0.1, 0.15) is 43.2 Å². The Balaban J connectivity index is 1.58. The zero-order valence-corrected chi connectivity index (χ0v) is 14.2. The van der Waals surface area contributed by atoms with E-state index in [1.165, 1.54) is 12.8 Å². The maximum atomic E-state index is 12.7. The highest BCUT2D eigenvalue weighted by atomic mass is 16.5. The lowest BCUT2D eigenvalue weighted by Gasteiger charge is -2.62. The predicted molar refractivity (Wildman–Crippen MR) is 89.8 cm³/mol. The van der Waals surface area contributed by atoms with E-state index < -0.39 is 17.1 Å². The standard InChI is InChI=1S/C20H23NO4/c22-13-4-3-12-9-15-20(24)6-5-14(23)18-19(20,16(12)17(13)25-18)7-8-21(15)10-11-1-2-11/h3-4,11,15,18,22,24H,1-2,5-10H2/t15?,18-,19+,20+/m0/s1. The highest BCUT2D eigenvalue weighted by Gasteiger charge is 2.73. The van der Waals surface area contributed by atoms with E-state index in [1.807, 2.05) is 6.07 Å². The lowest BCUT2D eigenvalue weighted by atomic mass is 9.49. The number of ketones is 1. The van der Waals surface area contributed by atoms with Crippen LogP contribution in [0.2, 0.25) is 0 Å². The maximum absolute atomic E-state index is 12.7. The maximum Gasteiger partial charge on any atom is 0.174 e. The number of benzene rings is 1. The van der Waals surface area contributed by atoms with Crippen molar-refractivity contribution >= 4 is 5.78 Å². The summed E-state index contributed by atoms with van der Waals surface area (Å²) < 4.78 is 6.04. The van der Waals surface area contributed by atoms with Gasteiger partial charge in [-0.05, 0) is 56.2 Å². The van der Waals surface area contributed by atoms with Crippen LogP contribution in [-0.4, -0.2) is 51.7 Å². The Morgan fingerprint density at radius 2 is 2.12 bits per heavy atom. The number of likely N-dealkylation sites (tertiary alicyclic amines) is 1. The van der Waals surface area contributed by atoms with Gasteiger partial charge in [-0.15, -0.1) is 0 Å². The van der Waals surface area contributed by atoms with Gasteiger partial charge in [-0.25, -0.2) is 0 Å². The SMILES string of the molecule is O=C1CC[C@@]2(O)C3Cc4ccc(O)c5c4[C@]2(CCN3CC2CC2)[C@H]1O5. The van der Waals surface area contributed by atoms with Crippen LogP contribution in [0.4, 0.5) is 0 Å². The quantitative estimate of drug-likeness (QED) is 0.854. The minimum Gasteiger partial charge on any atom is -0.504 e. The number of carbonyl (C=O) groups is 1.